The molecule has 6 atom stereocenters. The van der Waals surface area contributed by atoms with Crippen LogP contribution in [-0.2, 0) is 29.1 Å². The predicted molar refractivity (Wildman–Crippen MR) is 71.7 cm³/mol. The number of hydrogen-bond acceptors (Lipinski definition) is 10. The van der Waals surface area contributed by atoms with E-state index in [9.17, 15) is 33.6 Å². The maximum atomic E-state index is 10.8. The van der Waals surface area contributed by atoms with Gasteiger partial charge in [0.2, 0.25) is 0 Å². The monoisotopic (exact) mass is 360 g/mol. The third-order valence-electron chi connectivity index (χ3n) is 2.98. The standard InChI is InChI=1S/C11H20O11S/c1-5(12)20-2-6(13)3-21-11-10(16)9(15)8(14)7(22-11)4-23(17,18)19/h6-11,13-16H,2-4H2,1H3,(H,17,18,19)/t6-,7+,8-,9+,10-,11-/m1/s1. The zero-order valence-corrected chi connectivity index (χ0v) is 13.0. The highest BCUT2D eigenvalue weighted by Crippen LogP contribution is 2.23. The number of hydrogen-bond donors (Lipinski definition) is 5. The Bertz CT molecular complexity index is 492. The van der Waals surface area contributed by atoms with Gasteiger partial charge in [0.15, 0.2) is 6.29 Å². The van der Waals surface area contributed by atoms with Gasteiger partial charge in [-0.2, -0.15) is 8.42 Å². The predicted octanol–water partition coefficient (Wildman–Crippen LogP) is -3.38. The van der Waals surface area contributed by atoms with E-state index >= 15 is 0 Å². The van der Waals surface area contributed by atoms with Crippen molar-refractivity contribution in [3.8, 4) is 0 Å². The molecule has 0 bridgehead atoms. The average molecular weight is 360 g/mol. The second kappa shape index (κ2) is 8.30. The molecule has 0 spiro atoms. The van der Waals surface area contributed by atoms with E-state index in [-0.39, 0.29) is 6.61 Å². The number of carbonyl (C=O) groups is 1. The van der Waals surface area contributed by atoms with Crippen LogP contribution in [0.1, 0.15) is 6.92 Å². The Labute approximate surface area is 132 Å². The van der Waals surface area contributed by atoms with Gasteiger partial charge in [0.05, 0.1) is 6.61 Å². The van der Waals surface area contributed by atoms with Crippen LogP contribution in [0.4, 0.5) is 0 Å². The lowest BCUT2D eigenvalue weighted by Gasteiger charge is -2.40. The van der Waals surface area contributed by atoms with Gasteiger partial charge >= 0.3 is 5.97 Å². The zero-order chi connectivity index (χ0) is 17.8. The number of esters is 1. The van der Waals surface area contributed by atoms with Crippen LogP contribution in [0.15, 0.2) is 0 Å². The summed E-state index contributed by atoms with van der Waals surface area (Å²) in [4.78, 5) is 10.6. The molecule has 0 unspecified atom stereocenters. The third-order valence-corrected chi connectivity index (χ3v) is 3.73. The fourth-order valence-electron chi connectivity index (χ4n) is 1.87. The van der Waals surface area contributed by atoms with Crippen molar-refractivity contribution in [2.75, 3.05) is 19.0 Å². The first kappa shape index (κ1) is 20.2. The van der Waals surface area contributed by atoms with Gasteiger partial charge in [0, 0.05) is 6.92 Å². The molecular weight excluding hydrogens is 340 g/mol. The number of aliphatic hydroxyl groups excluding tert-OH is 4. The molecule has 1 aliphatic rings. The molecule has 0 aromatic carbocycles. The maximum Gasteiger partial charge on any atom is 0.302 e. The van der Waals surface area contributed by atoms with Gasteiger partial charge in [-0.15, -0.1) is 0 Å². The van der Waals surface area contributed by atoms with Gasteiger partial charge in [0.1, 0.15) is 42.9 Å². The van der Waals surface area contributed by atoms with Crippen molar-refractivity contribution in [1.29, 1.82) is 0 Å². The molecule has 5 N–H and O–H groups in total. The summed E-state index contributed by atoms with van der Waals surface area (Å²) < 4.78 is 45.0. The summed E-state index contributed by atoms with van der Waals surface area (Å²) >= 11 is 0. The van der Waals surface area contributed by atoms with Crippen molar-refractivity contribution in [2.45, 2.75) is 43.7 Å². The summed E-state index contributed by atoms with van der Waals surface area (Å²) in [6.07, 6.45) is -9.63. The van der Waals surface area contributed by atoms with Crippen molar-refractivity contribution in [3.63, 3.8) is 0 Å². The molecule has 1 heterocycles. The van der Waals surface area contributed by atoms with Crippen molar-refractivity contribution in [3.05, 3.63) is 0 Å². The minimum atomic E-state index is -4.51. The first-order chi connectivity index (χ1) is 10.5. The van der Waals surface area contributed by atoms with Crippen LogP contribution in [0.5, 0.6) is 0 Å². The topological polar surface area (TPSA) is 180 Å². The van der Waals surface area contributed by atoms with Crippen molar-refractivity contribution in [2.24, 2.45) is 0 Å². The molecule has 0 radical (unpaired) electrons. The molecule has 1 fully saturated rings. The molecule has 0 saturated carbocycles. The molecule has 1 saturated heterocycles. The zero-order valence-electron chi connectivity index (χ0n) is 12.2. The molecule has 136 valence electrons. The van der Waals surface area contributed by atoms with E-state index in [2.05, 4.69) is 4.74 Å². The Morgan fingerprint density at radius 1 is 1.17 bits per heavy atom. The van der Waals surface area contributed by atoms with Gasteiger partial charge in [0.25, 0.3) is 10.1 Å². The summed E-state index contributed by atoms with van der Waals surface area (Å²) in [5.74, 6) is -1.64. The Balaban J connectivity index is 2.61. The van der Waals surface area contributed by atoms with E-state index in [1.165, 1.54) is 0 Å². The molecule has 12 heteroatoms. The maximum absolute atomic E-state index is 10.8. The molecule has 23 heavy (non-hydrogen) atoms. The van der Waals surface area contributed by atoms with Crippen LogP contribution in [0.2, 0.25) is 0 Å². The molecule has 0 aromatic rings. The van der Waals surface area contributed by atoms with E-state index in [1.807, 2.05) is 0 Å². The Morgan fingerprint density at radius 2 is 1.78 bits per heavy atom. The molecule has 0 aliphatic carbocycles. The quantitative estimate of drug-likeness (QED) is 0.226. The van der Waals surface area contributed by atoms with Crippen LogP contribution < -0.4 is 0 Å². The third kappa shape index (κ3) is 6.64. The number of rotatable bonds is 7. The highest BCUT2D eigenvalue weighted by Gasteiger charge is 2.45. The lowest BCUT2D eigenvalue weighted by Crippen LogP contribution is -2.60. The van der Waals surface area contributed by atoms with E-state index in [0.717, 1.165) is 6.92 Å². The average Bonchev–Trinajstić information content (AvgIpc) is 2.43. The highest BCUT2D eigenvalue weighted by molar-refractivity contribution is 7.85. The van der Waals surface area contributed by atoms with E-state index in [1.54, 1.807) is 0 Å². The van der Waals surface area contributed by atoms with Gasteiger partial charge in [-0.25, -0.2) is 0 Å². The Kier molecular flexibility index (Phi) is 7.29. The minimum absolute atomic E-state index is 0.377. The van der Waals surface area contributed by atoms with Crippen molar-refractivity contribution >= 4 is 16.1 Å². The van der Waals surface area contributed by atoms with E-state index < -0.39 is 65.3 Å². The summed E-state index contributed by atoms with van der Waals surface area (Å²) in [6, 6.07) is 0. The summed E-state index contributed by atoms with van der Waals surface area (Å²) in [6.45, 7) is 0.299. The van der Waals surface area contributed by atoms with Crippen LogP contribution >= 0.6 is 0 Å². The minimum Gasteiger partial charge on any atom is -0.463 e. The molecule has 0 aromatic heterocycles. The van der Waals surface area contributed by atoms with E-state index in [4.69, 9.17) is 14.0 Å². The van der Waals surface area contributed by atoms with Gasteiger partial charge in [-0.3, -0.25) is 9.35 Å². The normalized spacial score (nSPS) is 33.2. The smallest absolute Gasteiger partial charge is 0.302 e. The lowest BCUT2D eigenvalue weighted by molar-refractivity contribution is -0.296. The highest BCUT2D eigenvalue weighted by atomic mass is 32.2. The Hall–Kier alpha value is -0.860. The summed E-state index contributed by atoms with van der Waals surface area (Å²) in [5, 5.41) is 38.5. The first-order valence-corrected chi connectivity index (χ1v) is 8.20. The largest absolute Gasteiger partial charge is 0.463 e. The number of carbonyl (C=O) groups excluding carboxylic acids is 1. The summed E-state index contributed by atoms with van der Waals surface area (Å²) in [5.41, 5.74) is 0. The van der Waals surface area contributed by atoms with Gasteiger partial charge in [-0.1, -0.05) is 0 Å². The molecule has 11 nitrogen and oxygen atoms in total. The second-order valence-corrected chi connectivity index (χ2v) is 6.55. The molecular formula is C11H20O11S. The Morgan fingerprint density at radius 3 is 2.30 bits per heavy atom. The van der Waals surface area contributed by atoms with Crippen LogP contribution in [-0.4, -0.2) is 95.1 Å². The van der Waals surface area contributed by atoms with Crippen molar-refractivity contribution in [1.82, 2.24) is 0 Å². The molecule has 1 aliphatic heterocycles. The van der Waals surface area contributed by atoms with E-state index in [0.29, 0.717) is 0 Å². The van der Waals surface area contributed by atoms with Crippen LogP contribution in [0.25, 0.3) is 0 Å². The molecule has 1 rings (SSSR count). The second-order valence-electron chi connectivity index (χ2n) is 5.05. The van der Waals surface area contributed by atoms with Crippen LogP contribution in [0, 0.1) is 0 Å². The van der Waals surface area contributed by atoms with Crippen molar-refractivity contribution < 1.29 is 52.4 Å². The fraction of sp³-hybridized carbons (Fsp3) is 0.909. The number of aliphatic hydroxyl groups is 4. The fourth-order valence-corrected chi connectivity index (χ4v) is 2.56. The van der Waals surface area contributed by atoms with Gasteiger partial charge < -0.3 is 34.6 Å². The first-order valence-electron chi connectivity index (χ1n) is 6.59. The van der Waals surface area contributed by atoms with Gasteiger partial charge in [-0.05, 0) is 0 Å². The lowest BCUT2D eigenvalue weighted by atomic mass is 10.00. The van der Waals surface area contributed by atoms with Crippen LogP contribution in [0.3, 0.4) is 0 Å². The number of ether oxygens (including phenoxy) is 3. The molecule has 0 amide bonds. The SMILES string of the molecule is CC(=O)OC[C@@H](O)CO[C@@H]1O[C@@H](CS(=O)(=O)O)[C@@H](O)[C@H](O)[C@H]1O. The summed E-state index contributed by atoms with van der Waals surface area (Å²) in [7, 11) is -4.51.